The Morgan fingerprint density at radius 2 is 0.748 bits per heavy atom. The highest BCUT2D eigenvalue weighted by molar-refractivity contribution is 6.02. The third kappa shape index (κ3) is 15.7. The molecule has 0 amide bonds. The summed E-state index contributed by atoms with van der Waals surface area (Å²) < 4.78 is 92.8. The Bertz CT molecular complexity index is 3170. The summed E-state index contributed by atoms with van der Waals surface area (Å²) in [6, 6.07) is 0. The first-order valence-electron chi connectivity index (χ1n) is 33.4. The Morgan fingerprint density at radius 3 is 1.10 bits per heavy atom. The molecule has 8 heterocycles. The van der Waals surface area contributed by atoms with Crippen LogP contribution in [0.2, 0.25) is 0 Å². The zero-order chi connectivity index (χ0) is 74.9. The molecule has 37 heteroatoms. The summed E-state index contributed by atoms with van der Waals surface area (Å²) in [5.74, 6) is -15.9. The fraction of sp³-hybridized carbons (Fsp3) is 0.712. The van der Waals surface area contributed by atoms with Crippen molar-refractivity contribution in [1.29, 1.82) is 0 Å². The number of hydrogen-bond donors (Lipinski definition) is 16. The second-order valence-corrected chi connectivity index (χ2v) is 26.8. The molecular weight excluding hydrogens is 1380 g/mol. The van der Waals surface area contributed by atoms with Gasteiger partial charge in [-0.25, -0.2) is 19.2 Å². The predicted octanol–water partition coefficient (Wildman–Crippen LogP) is -6.72. The minimum Gasteiger partial charge on any atom is -0.472 e. The molecule has 36 atom stereocenters. The number of ether oxygens (including phenoxy) is 16. The van der Waals surface area contributed by atoms with Crippen LogP contribution in [0.3, 0.4) is 0 Å². The van der Waals surface area contributed by atoms with E-state index in [1.807, 2.05) is 0 Å². The summed E-state index contributed by atoms with van der Waals surface area (Å²) in [7, 11) is 2.23. The summed E-state index contributed by atoms with van der Waals surface area (Å²) >= 11 is 0. The summed E-state index contributed by atoms with van der Waals surface area (Å²) in [6.45, 7) is 7.74. The van der Waals surface area contributed by atoms with Crippen molar-refractivity contribution in [2.24, 2.45) is 59.2 Å². The van der Waals surface area contributed by atoms with Crippen LogP contribution >= 0.6 is 0 Å². The highest BCUT2D eigenvalue weighted by Gasteiger charge is 2.59. The van der Waals surface area contributed by atoms with E-state index in [0.29, 0.717) is 0 Å². The number of aliphatic hydroxyl groups excluding tert-OH is 16. The first-order chi connectivity index (χ1) is 49.1. The number of aliphatic hydroxyl groups is 16. The molecule has 0 aromatic heterocycles. The molecule has 37 nitrogen and oxygen atoms in total. The van der Waals surface area contributed by atoms with Crippen LogP contribution in [0.25, 0.3) is 0 Å². The number of hydrogen-bond acceptors (Lipinski definition) is 37. The Labute approximate surface area is 587 Å². The lowest BCUT2D eigenvalue weighted by atomic mass is 9.79. The van der Waals surface area contributed by atoms with Gasteiger partial charge in [-0.05, 0) is 25.3 Å². The molecule has 2 aliphatic carbocycles. The molecule has 576 valence electrons. The van der Waals surface area contributed by atoms with Gasteiger partial charge in [0.15, 0.2) is 30.9 Å². The lowest BCUT2D eigenvalue weighted by Crippen LogP contribution is -2.60. The summed E-state index contributed by atoms with van der Waals surface area (Å²) in [6.07, 6.45) is -35.9. The third-order valence-electron chi connectivity index (χ3n) is 21.1. The molecule has 6 fully saturated rings. The van der Waals surface area contributed by atoms with Gasteiger partial charge in [0.05, 0.1) is 99.8 Å². The van der Waals surface area contributed by atoms with Crippen LogP contribution < -0.4 is 0 Å². The number of methoxy groups -OCH3 is 2. The lowest BCUT2D eigenvalue weighted by Gasteiger charge is -2.43. The van der Waals surface area contributed by atoms with E-state index in [-0.39, 0.29) is 36.0 Å². The second kappa shape index (κ2) is 33.8. The smallest absolute Gasteiger partial charge is 0.338 e. The number of carbonyl (C=O) groups excluding carboxylic acids is 5. The average Bonchev–Trinajstić information content (AvgIpc) is 1.66. The van der Waals surface area contributed by atoms with Crippen LogP contribution in [0.1, 0.15) is 33.1 Å². The number of rotatable bonds is 24. The van der Waals surface area contributed by atoms with E-state index in [1.54, 1.807) is 13.8 Å². The Kier molecular flexibility index (Phi) is 26.1. The van der Waals surface area contributed by atoms with Gasteiger partial charge in [0, 0.05) is 47.3 Å². The standard InChI is InChI=1S/C66H90O37/c1-7-24-26(29(18-90-59(24)100-63-51(80)47(76)43(72)36(14-67)96-63)57(86)94-34-12-27-30(55(84)88-5)19-92-61(40(27)22(34)3)102-65-53(82)49(78)45(74)38(16-69)98-65)10-9-11-33(71)42-25(8-2)60(101-64-52(81)48(77)44(73)37(15-68)97-64)91-21-32(42)58(87)95-35-13-28-31(56(85)89-6)20-93-62(41(28)23(35)4)103-66-54(83)50(79)46(75)39(17-70)99-66/h7-9,11,18-28,34-54,59-70,72-83H,1-2,10,12-17H2,3-6H3/b11-9+/t22-,23-,24+,25+,26-,27+,28+,34-,35-,36+,37+,38+,39+,40+,41+,42-,43+,44+,45+,46+,47-,48-,49-,50-,51+,52+,53+,54+,59-,60-,61-,62-,63-,64-,65-,66-/m0/s1. The number of allylic oxidation sites excluding steroid dienone is 2. The molecule has 0 spiro atoms. The number of ketones is 1. The van der Waals surface area contributed by atoms with Crippen molar-refractivity contribution in [2.45, 2.75) is 193 Å². The minimum atomic E-state index is -2.01. The van der Waals surface area contributed by atoms with Crippen LogP contribution in [0.15, 0.2) is 84.8 Å². The summed E-state index contributed by atoms with van der Waals surface area (Å²) in [5, 5.41) is 168. The van der Waals surface area contributed by atoms with Crippen LogP contribution in [0.4, 0.5) is 0 Å². The van der Waals surface area contributed by atoms with Crippen LogP contribution in [-0.4, -0.2) is 312 Å². The van der Waals surface area contributed by atoms with E-state index < -0.39 is 281 Å². The molecule has 0 aromatic rings. The fourth-order valence-corrected chi connectivity index (χ4v) is 15.1. The highest BCUT2D eigenvalue weighted by Crippen LogP contribution is 2.52. The maximum absolute atomic E-state index is 15.3. The van der Waals surface area contributed by atoms with Gasteiger partial charge >= 0.3 is 23.9 Å². The minimum absolute atomic E-state index is 0.00975. The first kappa shape index (κ1) is 79.5. The average molecular weight is 1480 g/mol. The molecule has 103 heavy (non-hydrogen) atoms. The fourth-order valence-electron chi connectivity index (χ4n) is 15.1. The van der Waals surface area contributed by atoms with E-state index in [4.69, 9.17) is 75.8 Å². The van der Waals surface area contributed by atoms with Gasteiger partial charge in [-0.2, -0.15) is 0 Å². The van der Waals surface area contributed by atoms with Gasteiger partial charge in [-0.15, -0.1) is 13.2 Å². The molecular formula is C66H90O37. The molecule has 16 N–H and O–H groups in total. The topological polar surface area (TPSA) is 557 Å². The van der Waals surface area contributed by atoms with Crippen LogP contribution in [0.5, 0.6) is 0 Å². The van der Waals surface area contributed by atoms with Crippen molar-refractivity contribution >= 4 is 29.7 Å². The van der Waals surface area contributed by atoms with Gasteiger partial charge in [0.25, 0.3) is 0 Å². The maximum Gasteiger partial charge on any atom is 0.338 e. The molecule has 0 aromatic carbocycles. The highest BCUT2D eigenvalue weighted by atomic mass is 16.8. The molecule has 8 aliphatic heterocycles. The van der Waals surface area contributed by atoms with E-state index >= 15 is 14.4 Å². The predicted molar refractivity (Wildman–Crippen MR) is 330 cm³/mol. The first-order valence-corrected chi connectivity index (χ1v) is 33.4. The molecule has 4 saturated heterocycles. The molecule has 10 rings (SSSR count). The molecule has 0 radical (unpaired) electrons. The van der Waals surface area contributed by atoms with E-state index in [9.17, 15) is 91.3 Å². The monoisotopic (exact) mass is 1470 g/mol. The van der Waals surface area contributed by atoms with Crippen molar-refractivity contribution in [2.75, 3.05) is 40.6 Å². The summed E-state index contributed by atoms with van der Waals surface area (Å²) in [5.41, 5.74) is -0.805. The van der Waals surface area contributed by atoms with Crippen molar-refractivity contribution in [3.8, 4) is 0 Å². The Balaban J connectivity index is 0.946. The van der Waals surface area contributed by atoms with Crippen LogP contribution in [-0.2, 0) is 99.8 Å². The SMILES string of the molecule is C=C[C@H]1[C@H](O[C@@H]2O[C@H](CO)[C@@H](O)[C@H](O)[C@H]2O)OC=C(C(=O)O[C@H]2C[C@@H]3C(C(=O)OC)=CO[C@@H](O[C@@H]4O[C@H](CO)[C@@H](O)[C@H](O)[C@H]4O)[C@@H]3[C@H]2C)[C@H]1C(=O)/C=C/C[C@@H]1C(C(=O)O[C@H]2C[C@@H]3C(C(=O)OC)=CO[C@@H](O[C@@H]4O[C@H](CO)[C@@H](O)[C@H](O)[C@H]4O)[C@@H]3[C@H]2C)=CO[C@@H](O[C@@H]2O[C@H](CO)[C@@H](O)[C@H](O)[C@H]2O)[C@@H]1C=C. The largest absolute Gasteiger partial charge is 0.472 e. The number of esters is 4. The maximum atomic E-state index is 15.3. The van der Waals surface area contributed by atoms with Crippen molar-refractivity contribution in [3.05, 3.63) is 84.8 Å². The van der Waals surface area contributed by atoms with Gasteiger partial charge in [-0.3, -0.25) is 4.79 Å². The second-order valence-electron chi connectivity index (χ2n) is 26.8. The zero-order valence-corrected chi connectivity index (χ0v) is 56.0. The zero-order valence-electron chi connectivity index (χ0n) is 56.0. The number of fused-ring (bicyclic) bond motifs is 2. The van der Waals surface area contributed by atoms with E-state index in [0.717, 1.165) is 51.4 Å². The van der Waals surface area contributed by atoms with Crippen molar-refractivity contribution in [3.63, 3.8) is 0 Å². The van der Waals surface area contributed by atoms with Crippen molar-refractivity contribution in [1.82, 2.24) is 0 Å². The normalized spacial score (nSPS) is 45.2. The Morgan fingerprint density at radius 1 is 0.427 bits per heavy atom. The lowest BCUT2D eigenvalue weighted by molar-refractivity contribution is -0.342. The molecule has 10 aliphatic rings. The molecule has 0 unspecified atom stereocenters. The van der Waals surface area contributed by atoms with E-state index in [1.165, 1.54) is 12.2 Å². The molecule has 0 bridgehead atoms. The van der Waals surface area contributed by atoms with Crippen molar-refractivity contribution < 1.29 is 181 Å². The third-order valence-corrected chi connectivity index (χ3v) is 21.1. The molecule has 2 saturated carbocycles. The van der Waals surface area contributed by atoms with E-state index in [2.05, 4.69) is 13.2 Å². The van der Waals surface area contributed by atoms with Gasteiger partial charge in [-0.1, -0.05) is 32.1 Å². The Hall–Kier alpha value is -6.03. The van der Waals surface area contributed by atoms with Crippen LogP contribution in [0, 0.1) is 59.2 Å². The summed E-state index contributed by atoms with van der Waals surface area (Å²) in [4.78, 5) is 71.9. The number of carbonyl (C=O) groups is 5. The van der Waals surface area contributed by atoms with Gasteiger partial charge < -0.3 is 157 Å². The quantitative estimate of drug-likeness (QED) is 0.0185. The van der Waals surface area contributed by atoms with Gasteiger partial charge in [0.1, 0.15) is 110 Å². The van der Waals surface area contributed by atoms with Gasteiger partial charge in [0.2, 0.25) is 25.2 Å².